The zero-order chi connectivity index (χ0) is 20.4. The van der Waals surface area contributed by atoms with Gasteiger partial charge in [0.1, 0.15) is 5.82 Å². The first-order valence-electron chi connectivity index (χ1n) is 10.8. The maximum absolute atomic E-state index is 14.1. The Morgan fingerprint density at radius 3 is 2.62 bits per heavy atom. The number of piperazine rings is 1. The van der Waals surface area contributed by atoms with Crippen molar-refractivity contribution >= 4 is 23.7 Å². The summed E-state index contributed by atoms with van der Waals surface area (Å²) >= 11 is 1.64. The van der Waals surface area contributed by atoms with Crippen LogP contribution in [-0.4, -0.2) is 71.4 Å². The number of aromatic nitrogens is 2. The standard InChI is InChI=1S/C20H32F2N6S/c1-14(2)26-29-12-7-23-18-16-13-20(21,22)6-5-17(16)24-19(25-18)28-10-8-27(9-11-28)15-3-4-15/h14-15,26H,3-13H2,1-2H3,(H,23,24,25). The molecule has 3 aliphatic rings. The monoisotopic (exact) mass is 426 g/mol. The van der Waals surface area contributed by atoms with Crippen molar-refractivity contribution < 1.29 is 8.78 Å². The van der Waals surface area contributed by atoms with Crippen molar-refractivity contribution in [2.24, 2.45) is 0 Å². The van der Waals surface area contributed by atoms with Crippen LogP contribution in [0.1, 0.15) is 44.4 Å². The predicted molar refractivity (Wildman–Crippen MR) is 115 cm³/mol. The Hall–Kier alpha value is -1.19. The number of alkyl halides is 2. The van der Waals surface area contributed by atoms with Gasteiger partial charge in [-0.3, -0.25) is 9.62 Å². The van der Waals surface area contributed by atoms with Gasteiger partial charge in [0.15, 0.2) is 0 Å². The van der Waals surface area contributed by atoms with Crippen LogP contribution in [0.2, 0.25) is 0 Å². The van der Waals surface area contributed by atoms with Gasteiger partial charge in [0.25, 0.3) is 5.92 Å². The summed E-state index contributed by atoms with van der Waals surface area (Å²) in [5.41, 5.74) is 1.39. The first kappa shape index (κ1) is 21.1. The van der Waals surface area contributed by atoms with E-state index in [1.54, 1.807) is 11.9 Å². The molecular formula is C20H32F2N6S. The minimum absolute atomic E-state index is 0.125. The molecule has 1 saturated carbocycles. The molecule has 0 radical (unpaired) electrons. The molecule has 1 aromatic heterocycles. The normalized spacial score (nSPS) is 22.0. The highest BCUT2D eigenvalue weighted by Crippen LogP contribution is 2.36. The van der Waals surface area contributed by atoms with Gasteiger partial charge < -0.3 is 10.2 Å². The SMILES string of the molecule is CC(C)NSCCNc1nc(N2CCN(C3CC3)CC2)nc2c1CC(F)(F)CC2. The van der Waals surface area contributed by atoms with E-state index in [2.05, 4.69) is 33.7 Å². The van der Waals surface area contributed by atoms with E-state index in [4.69, 9.17) is 9.97 Å². The number of anilines is 2. The Kier molecular flexibility index (Phi) is 6.46. The van der Waals surface area contributed by atoms with E-state index in [-0.39, 0.29) is 12.8 Å². The highest BCUT2D eigenvalue weighted by molar-refractivity contribution is 7.97. The molecule has 0 atom stereocenters. The molecule has 2 aliphatic carbocycles. The topological polar surface area (TPSA) is 56.3 Å². The van der Waals surface area contributed by atoms with Crippen LogP contribution < -0.4 is 14.9 Å². The zero-order valence-corrected chi connectivity index (χ0v) is 18.2. The van der Waals surface area contributed by atoms with E-state index < -0.39 is 5.92 Å². The summed E-state index contributed by atoms with van der Waals surface area (Å²) in [5.74, 6) is -0.542. The summed E-state index contributed by atoms with van der Waals surface area (Å²) < 4.78 is 31.4. The quantitative estimate of drug-likeness (QED) is 0.490. The average molecular weight is 427 g/mol. The third-order valence-corrected chi connectivity index (χ3v) is 6.77. The van der Waals surface area contributed by atoms with Crippen LogP contribution in [0.5, 0.6) is 0 Å². The Morgan fingerprint density at radius 1 is 1.17 bits per heavy atom. The van der Waals surface area contributed by atoms with Crippen LogP contribution in [0.3, 0.4) is 0 Å². The second-order valence-corrected chi connectivity index (χ2v) is 9.56. The van der Waals surface area contributed by atoms with Crippen molar-refractivity contribution in [3.8, 4) is 0 Å². The Balaban J connectivity index is 1.46. The van der Waals surface area contributed by atoms with Crippen LogP contribution >= 0.6 is 11.9 Å². The van der Waals surface area contributed by atoms with Crippen molar-refractivity contribution in [2.75, 3.05) is 48.7 Å². The largest absolute Gasteiger partial charge is 0.369 e. The van der Waals surface area contributed by atoms with Gasteiger partial charge in [0, 0.05) is 69.0 Å². The summed E-state index contributed by atoms with van der Waals surface area (Å²) in [6.07, 6.45) is 2.57. The number of hydrogen-bond donors (Lipinski definition) is 2. The Bertz CT molecular complexity index is 704. The van der Waals surface area contributed by atoms with Crippen LogP contribution in [-0.2, 0) is 12.8 Å². The van der Waals surface area contributed by atoms with Gasteiger partial charge in [0.05, 0.1) is 5.69 Å². The molecular weight excluding hydrogens is 394 g/mol. The molecule has 9 heteroatoms. The van der Waals surface area contributed by atoms with Crippen LogP contribution in [0.4, 0.5) is 20.5 Å². The minimum Gasteiger partial charge on any atom is -0.369 e. The van der Waals surface area contributed by atoms with Gasteiger partial charge in [0.2, 0.25) is 5.95 Å². The maximum atomic E-state index is 14.1. The molecule has 6 nitrogen and oxygen atoms in total. The van der Waals surface area contributed by atoms with Crippen molar-refractivity contribution in [3.63, 3.8) is 0 Å². The molecule has 0 spiro atoms. The van der Waals surface area contributed by atoms with E-state index in [1.165, 1.54) is 12.8 Å². The number of nitrogens with zero attached hydrogens (tertiary/aromatic N) is 4. The van der Waals surface area contributed by atoms with Gasteiger partial charge in [-0.2, -0.15) is 4.98 Å². The average Bonchev–Trinajstić information content (AvgIpc) is 3.52. The summed E-state index contributed by atoms with van der Waals surface area (Å²) in [7, 11) is 0. The minimum atomic E-state index is -2.67. The van der Waals surface area contributed by atoms with Crippen molar-refractivity contribution in [1.82, 2.24) is 19.6 Å². The number of halogens is 2. The highest BCUT2D eigenvalue weighted by atomic mass is 32.2. The molecule has 1 aliphatic heterocycles. The molecule has 2 fully saturated rings. The predicted octanol–water partition coefficient (Wildman–Crippen LogP) is 2.94. The first-order valence-corrected chi connectivity index (χ1v) is 11.8. The van der Waals surface area contributed by atoms with Crippen LogP contribution in [0, 0.1) is 0 Å². The third kappa shape index (κ3) is 5.49. The number of aryl methyl sites for hydroxylation is 1. The molecule has 4 rings (SSSR count). The number of hydrogen-bond acceptors (Lipinski definition) is 7. The maximum Gasteiger partial charge on any atom is 0.252 e. The fourth-order valence-corrected chi connectivity index (χ4v) is 4.67. The first-order chi connectivity index (χ1) is 13.9. The molecule has 0 aromatic carbocycles. The van der Waals surface area contributed by atoms with Crippen LogP contribution in [0.15, 0.2) is 0 Å². The zero-order valence-electron chi connectivity index (χ0n) is 17.4. The molecule has 2 heterocycles. The van der Waals surface area contributed by atoms with Crippen molar-refractivity contribution in [3.05, 3.63) is 11.3 Å². The second-order valence-electron chi connectivity index (χ2n) is 8.63. The van der Waals surface area contributed by atoms with Gasteiger partial charge in [-0.05, 0) is 33.1 Å². The lowest BCUT2D eigenvalue weighted by Crippen LogP contribution is -2.48. The van der Waals surface area contributed by atoms with Crippen LogP contribution in [0.25, 0.3) is 0 Å². The summed E-state index contributed by atoms with van der Waals surface area (Å²) in [6.45, 7) is 8.73. The lowest BCUT2D eigenvalue weighted by molar-refractivity contribution is -0.0127. The smallest absolute Gasteiger partial charge is 0.252 e. The molecule has 2 N–H and O–H groups in total. The lowest BCUT2D eigenvalue weighted by atomic mass is 9.93. The highest BCUT2D eigenvalue weighted by Gasteiger charge is 2.37. The van der Waals surface area contributed by atoms with Crippen molar-refractivity contribution in [2.45, 2.75) is 64.0 Å². The number of rotatable bonds is 8. The fraction of sp³-hybridized carbons (Fsp3) is 0.800. The van der Waals surface area contributed by atoms with E-state index >= 15 is 0 Å². The molecule has 0 amide bonds. The van der Waals surface area contributed by atoms with Gasteiger partial charge in [-0.25, -0.2) is 13.8 Å². The summed E-state index contributed by atoms with van der Waals surface area (Å²) in [6, 6.07) is 1.18. The van der Waals surface area contributed by atoms with Gasteiger partial charge in [-0.15, -0.1) is 0 Å². The van der Waals surface area contributed by atoms with Gasteiger partial charge >= 0.3 is 0 Å². The summed E-state index contributed by atoms with van der Waals surface area (Å²) in [5, 5.41) is 3.32. The van der Waals surface area contributed by atoms with Crippen molar-refractivity contribution in [1.29, 1.82) is 0 Å². The fourth-order valence-electron chi connectivity index (χ4n) is 4.02. The molecule has 162 valence electrons. The van der Waals surface area contributed by atoms with E-state index in [9.17, 15) is 8.78 Å². The molecule has 29 heavy (non-hydrogen) atoms. The summed E-state index contributed by atoms with van der Waals surface area (Å²) in [4.78, 5) is 14.2. The molecule has 0 bridgehead atoms. The third-order valence-electron chi connectivity index (χ3n) is 5.72. The Morgan fingerprint density at radius 2 is 1.93 bits per heavy atom. The van der Waals surface area contributed by atoms with E-state index in [0.717, 1.165) is 43.7 Å². The van der Waals surface area contributed by atoms with E-state index in [0.29, 0.717) is 36.3 Å². The second kappa shape index (κ2) is 8.89. The molecule has 0 unspecified atom stereocenters. The van der Waals surface area contributed by atoms with E-state index in [1.807, 2.05) is 0 Å². The number of nitrogens with one attached hydrogen (secondary N) is 2. The molecule has 1 saturated heterocycles. The number of fused-ring (bicyclic) bond motifs is 1. The van der Waals surface area contributed by atoms with Gasteiger partial charge in [-0.1, -0.05) is 11.9 Å². The molecule has 1 aromatic rings. The lowest BCUT2D eigenvalue weighted by Gasteiger charge is -2.35. The Labute approximate surface area is 176 Å².